The number of nitrogens with one attached hydrogen (secondary N) is 1. The average molecular weight is 434 g/mol. The number of halogens is 2. The minimum atomic E-state index is 0.392. The van der Waals surface area contributed by atoms with E-state index >= 15 is 0 Å². The van der Waals surface area contributed by atoms with Crippen molar-refractivity contribution >= 4 is 23.2 Å². The van der Waals surface area contributed by atoms with Gasteiger partial charge in [0.25, 0.3) is 0 Å². The first-order chi connectivity index (χ1) is 14.2. The van der Waals surface area contributed by atoms with E-state index in [9.17, 15) is 0 Å². The van der Waals surface area contributed by atoms with E-state index in [0.29, 0.717) is 41.3 Å². The summed E-state index contributed by atoms with van der Waals surface area (Å²) in [7, 11) is 0. The standard InChI is InChI=1S/C22H25Cl2N3O2/c1-2-28-21-12-18(14-25-7-4-9-27-10-8-26-16-27)20(24)13-22(21)29-15-17-5-3-6-19(23)11-17/h3,5-6,8,10-13,16,25H,2,4,7,9,14-15H2,1H3. The van der Waals surface area contributed by atoms with Crippen LogP contribution >= 0.6 is 23.2 Å². The Morgan fingerprint density at radius 3 is 2.72 bits per heavy atom. The van der Waals surface area contributed by atoms with Crippen LogP contribution in [-0.4, -0.2) is 22.7 Å². The number of aryl methyl sites for hydroxylation is 1. The fraction of sp³-hybridized carbons (Fsp3) is 0.318. The van der Waals surface area contributed by atoms with E-state index in [4.69, 9.17) is 32.7 Å². The Morgan fingerprint density at radius 1 is 1.10 bits per heavy atom. The Balaban J connectivity index is 1.57. The molecule has 0 saturated carbocycles. The van der Waals surface area contributed by atoms with Crippen LogP contribution in [0, 0.1) is 0 Å². The number of ether oxygens (including phenoxy) is 2. The first-order valence-electron chi connectivity index (χ1n) is 9.64. The maximum Gasteiger partial charge on any atom is 0.163 e. The number of hydrogen-bond acceptors (Lipinski definition) is 4. The number of aromatic nitrogens is 2. The highest BCUT2D eigenvalue weighted by Crippen LogP contribution is 2.34. The predicted octanol–water partition coefficient (Wildman–Crippen LogP) is 5.35. The Kier molecular flexibility index (Phi) is 8.23. The summed E-state index contributed by atoms with van der Waals surface area (Å²) < 4.78 is 13.8. The van der Waals surface area contributed by atoms with Crippen LogP contribution in [0.2, 0.25) is 10.0 Å². The van der Waals surface area contributed by atoms with Gasteiger partial charge in [-0.05, 0) is 49.2 Å². The lowest BCUT2D eigenvalue weighted by Crippen LogP contribution is -2.16. The first kappa shape index (κ1) is 21.5. The molecule has 0 aliphatic rings. The minimum absolute atomic E-state index is 0.392. The zero-order valence-electron chi connectivity index (χ0n) is 16.4. The van der Waals surface area contributed by atoms with Crippen molar-refractivity contribution in [3.63, 3.8) is 0 Å². The molecule has 0 aliphatic heterocycles. The molecule has 29 heavy (non-hydrogen) atoms. The Labute approximate surface area is 181 Å². The highest BCUT2D eigenvalue weighted by atomic mass is 35.5. The molecule has 0 bridgehead atoms. The second kappa shape index (κ2) is 11.1. The molecular formula is C22H25Cl2N3O2. The molecule has 2 aromatic carbocycles. The maximum absolute atomic E-state index is 6.49. The van der Waals surface area contributed by atoms with Crippen LogP contribution in [0.5, 0.6) is 11.5 Å². The molecule has 1 N–H and O–H groups in total. The van der Waals surface area contributed by atoms with Crippen LogP contribution in [0.25, 0.3) is 0 Å². The third kappa shape index (κ3) is 6.67. The quantitative estimate of drug-likeness (QED) is 0.414. The number of benzene rings is 2. The van der Waals surface area contributed by atoms with E-state index in [2.05, 4.69) is 14.9 Å². The molecule has 0 fully saturated rings. The third-order valence-electron chi connectivity index (χ3n) is 4.34. The number of rotatable bonds is 11. The molecule has 0 radical (unpaired) electrons. The normalized spacial score (nSPS) is 10.9. The van der Waals surface area contributed by atoms with Gasteiger partial charge in [0.15, 0.2) is 11.5 Å². The second-order valence-electron chi connectivity index (χ2n) is 6.57. The van der Waals surface area contributed by atoms with E-state index in [1.54, 1.807) is 6.20 Å². The van der Waals surface area contributed by atoms with Gasteiger partial charge >= 0.3 is 0 Å². The highest BCUT2D eigenvalue weighted by molar-refractivity contribution is 6.31. The molecule has 154 valence electrons. The van der Waals surface area contributed by atoms with Gasteiger partial charge in [-0.1, -0.05) is 35.3 Å². The maximum atomic E-state index is 6.49. The van der Waals surface area contributed by atoms with Gasteiger partial charge in [-0.3, -0.25) is 0 Å². The molecule has 0 aliphatic carbocycles. The summed E-state index contributed by atoms with van der Waals surface area (Å²) >= 11 is 12.5. The van der Waals surface area contributed by atoms with E-state index in [1.807, 2.05) is 55.8 Å². The molecule has 0 unspecified atom stereocenters. The van der Waals surface area contributed by atoms with Crippen LogP contribution in [0.4, 0.5) is 0 Å². The van der Waals surface area contributed by atoms with Crippen molar-refractivity contribution in [3.05, 3.63) is 76.3 Å². The highest BCUT2D eigenvalue weighted by Gasteiger charge is 2.11. The monoisotopic (exact) mass is 433 g/mol. The number of hydrogen-bond donors (Lipinski definition) is 1. The van der Waals surface area contributed by atoms with Crippen LogP contribution in [0.1, 0.15) is 24.5 Å². The molecular weight excluding hydrogens is 409 g/mol. The van der Waals surface area contributed by atoms with Crippen LogP contribution in [-0.2, 0) is 19.7 Å². The topological polar surface area (TPSA) is 48.3 Å². The van der Waals surface area contributed by atoms with Crippen molar-refractivity contribution in [2.24, 2.45) is 0 Å². The lowest BCUT2D eigenvalue weighted by atomic mass is 10.2. The van der Waals surface area contributed by atoms with Gasteiger partial charge in [-0.2, -0.15) is 0 Å². The smallest absolute Gasteiger partial charge is 0.163 e. The molecule has 3 aromatic rings. The van der Waals surface area contributed by atoms with Crippen molar-refractivity contribution in [2.75, 3.05) is 13.2 Å². The number of imidazole rings is 1. The Hall–Kier alpha value is -2.21. The summed E-state index contributed by atoms with van der Waals surface area (Å²) in [5, 5.41) is 4.76. The molecule has 5 nitrogen and oxygen atoms in total. The van der Waals surface area contributed by atoms with Crippen molar-refractivity contribution in [3.8, 4) is 11.5 Å². The van der Waals surface area contributed by atoms with Gasteiger partial charge in [0.1, 0.15) is 6.61 Å². The first-order valence-corrected chi connectivity index (χ1v) is 10.4. The Bertz CT molecular complexity index is 901. The molecule has 7 heteroatoms. The number of nitrogens with zero attached hydrogens (tertiary/aromatic N) is 2. The van der Waals surface area contributed by atoms with E-state index in [1.165, 1.54) is 0 Å². The van der Waals surface area contributed by atoms with Crippen molar-refractivity contribution < 1.29 is 9.47 Å². The molecule has 1 heterocycles. The second-order valence-corrected chi connectivity index (χ2v) is 7.42. The van der Waals surface area contributed by atoms with Crippen LogP contribution in [0.15, 0.2) is 55.1 Å². The lowest BCUT2D eigenvalue weighted by Gasteiger charge is -2.15. The van der Waals surface area contributed by atoms with Crippen molar-refractivity contribution in [1.29, 1.82) is 0 Å². The SMILES string of the molecule is CCOc1cc(CNCCCn2ccnc2)c(Cl)cc1OCc1cccc(Cl)c1. The summed E-state index contributed by atoms with van der Waals surface area (Å²) in [6.07, 6.45) is 6.59. The van der Waals surface area contributed by atoms with E-state index in [0.717, 1.165) is 30.6 Å². The largest absolute Gasteiger partial charge is 0.490 e. The molecule has 3 rings (SSSR count). The van der Waals surface area contributed by atoms with E-state index in [-0.39, 0.29) is 0 Å². The van der Waals surface area contributed by atoms with Gasteiger partial charge < -0.3 is 19.4 Å². The van der Waals surface area contributed by atoms with Gasteiger partial charge in [-0.15, -0.1) is 0 Å². The predicted molar refractivity (Wildman–Crippen MR) is 117 cm³/mol. The zero-order valence-corrected chi connectivity index (χ0v) is 17.9. The molecule has 0 amide bonds. The molecule has 0 atom stereocenters. The van der Waals surface area contributed by atoms with Gasteiger partial charge in [0.2, 0.25) is 0 Å². The summed E-state index contributed by atoms with van der Waals surface area (Å²) in [6.45, 7) is 5.36. The summed E-state index contributed by atoms with van der Waals surface area (Å²) in [5.74, 6) is 1.31. The molecule has 0 saturated heterocycles. The molecule has 1 aromatic heterocycles. The van der Waals surface area contributed by atoms with Crippen molar-refractivity contribution in [2.45, 2.75) is 33.0 Å². The zero-order chi connectivity index (χ0) is 20.5. The molecule has 0 spiro atoms. The lowest BCUT2D eigenvalue weighted by molar-refractivity contribution is 0.269. The fourth-order valence-corrected chi connectivity index (χ4v) is 3.34. The van der Waals surface area contributed by atoms with Gasteiger partial charge in [-0.25, -0.2) is 4.98 Å². The fourth-order valence-electron chi connectivity index (χ4n) is 2.91. The summed E-state index contributed by atoms with van der Waals surface area (Å²) in [4.78, 5) is 4.05. The summed E-state index contributed by atoms with van der Waals surface area (Å²) in [5.41, 5.74) is 1.97. The minimum Gasteiger partial charge on any atom is -0.490 e. The summed E-state index contributed by atoms with van der Waals surface area (Å²) in [6, 6.07) is 11.4. The van der Waals surface area contributed by atoms with E-state index < -0.39 is 0 Å². The van der Waals surface area contributed by atoms with Crippen molar-refractivity contribution in [1.82, 2.24) is 14.9 Å². The van der Waals surface area contributed by atoms with Gasteiger partial charge in [0, 0.05) is 41.6 Å². The van der Waals surface area contributed by atoms with Crippen LogP contribution < -0.4 is 14.8 Å². The van der Waals surface area contributed by atoms with Crippen LogP contribution in [0.3, 0.4) is 0 Å². The van der Waals surface area contributed by atoms with Gasteiger partial charge in [0.05, 0.1) is 12.9 Å². The third-order valence-corrected chi connectivity index (χ3v) is 4.93. The Morgan fingerprint density at radius 2 is 1.97 bits per heavy atom. The average Bonchev–Trinajstić information content (AvgIpc) is 3.22.